The fourth-order valence-electron chi connectivity index (χ4n) is 1.52. The molecule has 0 atom stereocenters. The van der Waals surface area contributed by atoms with E-state index in [1.54, 1.807) is 0 Å². The molecule has 1 aromatic heterocycles. The minimum absolute atomic E-state index is 0.0446. The Labute approximate surface area is 109 Å². The van der Waals surface area contributed by atoms with Crippen molar-refractivity contribution in [2.45, 2.75) is 24.5 Å². The monoisotopic (exact) mass is 297 g/mol. The zero-order valence-electron chi connectivity index (χ0n) is 10.2. The van der Waals surface area contributed by atoms with Crippen LogP contribution in [-0.2, 0) is 16.6 Å². The van der Waals surface area contributed by atoms with Gasteiger partial charge in [0.15, 0.2) is 0 Å². The highest BCUT2D eigenvalue weighted by Gasteiger charge is 2.37. The van der Waals surface area contributed by atoms with Gasteiger partial charge in [-0.2, -0.15) is 17.5 Å². The molecule has 19 heavy (non-hydrogen) atoms. The number of pyridine rings is 1. The first kappa shape index (κ1) is 15.9. The molecule has 0 bridgehead atoms. The molecule has 1 heterocycles. The molecular weight excluding hydrogens is 283 g/mol. The fourth-order valence-corrected chi connectivity index (χ4v) is 3.14. The molecule has 1 rings (SSSR count). The van der Waals surface area contributed by atoms with Crippen LogP contribution in [-0.4, -0.2) is 37.0 Å². The van der Waals surface area contributed by atoms with Gasteiger partial charge in [0.2, 0.25) is 10.0 Å². The van der Waals surface area contributed by atoms with E-state index < -0.39 is 22.7 Å². The maximum Gasteiger partial charge on any atom is 0.402 e. The summed E-state index contributed by atoms with van der Waals surface area (Å²) < 4.78 is 61.8. The number of hydrogen-bond donors (Lipinski definition) is 1. The quantitative estimate of drug-likeness (QED) is 0.883. The van der Waals surface area contributed by atoms with Crippen LogP contribution in [0.25, 0.3) is 0 Å². The van der Waals surface area contributed by atoms with E-state index in [4.69, 9.17) is 5.73 Å². The van der Waals surface area contributed by atoms with E-state index in [1.807, 2.05) is 0 Å². The Morgan fingerprint density at radius 3 is 2.53 bits per heavy atom. The Hall–Kier alpha value is -1.19. The van der Waals surface area contributed by atoms with E-state index >= 15 is 0 Å². The molecule has 5 nitrogen and oxygen atoms in total. The van der Waals surface area contributed by atoms with Crippen molar-refractivity contribution in [3.8, 4) is 0 Å². The predicted molar refractivity (Wildman–Crippen MR) is 62.6 cm³/mol. The number of halogens is 3. The lowest BCUT2D eigenvalue weighted by Gasteiger charge is -2.22. The summed E-state index contributed by atoms with van der Waals surface area (Å²) in [7, 11) is -4.26. The second-order valence-corrected chi connectivity index (χ2v) is 5.61. The molecule has 0 aliphatic heterocycles. The van der Waals surface area contributed by atoms with Crippen molar-refractivity contribution in [3.63, 3.8) is 0 Å². The van der Waals surface area contributed by atoms with Crippen LogP contribution in [0.3, 0.4) is 0 Å². The van der Waals surface area contributed by atoms with E-state index in [-0.39, 0.29) is 23.7 Å². The first-order chi connectivity index (χ1) is 8.72. The van der Waals surface area contributed by atoms with Crippen LogP contribution < -0.4 is 5.73 Å². The van der Waals surface area contributed by atoms with Crippen LogP contribution in [0.1, 0.15) is 12.6 Å². The molecular formula is C10H14F3N3O2S. The average Bonchev–Trinajstić information content (AvgIpc) is 2.34. The smallest absolute Gasteiger partial charge is 0.325 e. The molecule has 0 unspecified atom stereocenters. The van der Waals surface area contributed by atoms with Gasteiger partial charge in [-0.1, -0.05) is 6.92 Å². The maximum atomic E-state index is 12.4. The summed E-state index contributed by atoms with van der Waals surface area (Å²) in [6, 6.07) is 2.54. The van der Waals surface area contributed by atoms with Crippen LogP contribution in [0.4, 0.5) is 13.2 Å². The first-order valence-electron chi connectivity index (χ1n) is 5.43. The zero-order valence-corrected chi connectivity index (χ0v) is 11.0. The molecule has 0 aromatic carbocycles. The van der Waals surface area contributed by atoms with Gasteiger partial charge in [-0.3, -0.25) is 4.98 Å². The molecule has 0 aliphatic rings. The van der Waals surface area contributed by atoms with Gasteiger partial charge >= 0.3 is 6.18 Å². The minimum atomic E-state index is -4.60. The number of hydrogen-bond acceptors (Lipinski definition) is 4. The van der Waals surface area contributed by atoms with Crippen molar-refractivity contribution in [3.05, 3.63) is 24.0 Å². The summed E-state index contributed by atoms with van der Waals surface area (Å²) in [5, 5.41) is 0. The van der Waals surface area contributed by atoms with Crippen LogP contribution in [0.2, 0.25) is 0 Å². The highest BCUT2D eigenvalue weighted by atomic mass is 32.2. The van der Waals surface area contributed by atoms with E-state index in [2.05, 4.69) is 4.98 Å². The summed E-state index contributed by atoms with van der Waals surface area (Å²) in [6.45, 7) is -0.660. The number of aromatic nitrogens is 1. The van der Waals surface area contributed by atoms with Gasteiger partial charge in [-0.05, 0) is 12.1 Å². The summed E-state index contributed by atoms with van der Waals surface area (Å²) in [6.07, 6.45) is -3.27. The zero-order chi connectivity index (χ0) is 14.7. The van der Waals surface area contributed by atoms with Crippen molar-refractivity contribution in [1.29, 1.82) is 0 Å². The van der Waals surface area contributed by atoms with Crippen LogP contribution in [0.5, 0.6) is 0 Å². The molecule has 2 N–H and O–H groups in total. The molecule has 9 heteroatoms. The number of alkyl halides is 3. The van der Waals surface area contributed by atoms with Crippen molar-refractivity contribution < 1.29 is 21.6 Å². The molecule has 1 aromatic rings. The lowest BCUT2D eigenvalue weighted by atomic mass is 10.3. The normalized spacial score (nSPS) is 12.9. The number of nitrogens with zero attached hydrogens (tertiary/aromatic N) is 2. The number of nitrogens with two attached hydrogens (primary N) is 1. The Kier molecular flexibility index (Phi) is 4.88. The molecule has 0 radical (unpaired) electrons. The van der Waals surface area contributed by atoms with Gasteiger partial charge < -0.3 is 5.73 Å². The van der Waals surface area contributed by atoms with Crippen LogP contribution >= 0.6 is 0 Å². The van der Waals surface area contributed by atoms with Gasteiger partial charge in [-0.15, -0.1) is 0 Å². The predicted octanol–water partition coefficient (Wildman–Crippen LogP) is 1.11. The van der Waals surface area contributed by atoms with Crippen molar-refractivity contribution in [2.24, 2.45) is 5.73 Å². The standard InChI is InChI=1S/C10H14F3N3O2S/c1-2-16(7-10(11,12)13)19(17,18)9-4-3-5-15-8(9)6-14/h3-5H,2,6-7,14H2,1H3. The van der Waals surface area contributed by atoms with E-state index in [9.17, 15) is 21.6 Å². The third kappa shape index (κ3) is 3.88. The van der Waals surface area contributed by atoms with E-state index in [0.29, 0.717) is 4.31 Å². The Bertz CT molecular complexity index is 531. The van der Waals surface area contributed by atoms with Crippen molar-refractivity contribution in [2.75, 3.05) is 13.1 Å². The number of sulfonamides is 1. The molecule has 0 fully saturated rings. The summed E-state index contributed by atoms with van der Waals surface area (Å²) in [4.78, 5) is 3.48. The molecule has 0 amide bonds. The highest BCUT2D eigenvalue weighted by Crippen LogP contribution is 2.23. The van der Waals surface area contributed by atoms with Crippen molar-refractivity contribution >= 4 is 10.0 Å². The number of rotatable bonds is 5. The summed E-state index contributed by atoms with van der Waals surface area (Å²) in [5.74, 6) is 0. The molecule has 108 valence electrons. The average molecular weight is 297 g/mol. The fraction of sp³-hybridized carbons (Fsp3) is 0.500. The lowest BCUT2D eigenvalue weighted by molar-refractivity contribution is -0.135. The van der Waals surface area contributed by atoms with Crippen LogP contribution in [0.15, 0.2) is 23.2 Å². The SMILES string of the molecule is CCN(CC(F)(F)F)S(=O)(=O)c1cccnc1CN. The van der Waals surface area contributed by atoms with Gasteiger partial charge in [0, 0.05) is 19.3 Å². The molecule has 0 saturated heterocycles. The Morgan fingerprint density at radius 2 is 2.05 bits per heavy atom. The largest absolute Gasteiger partial charge is 0.402 e. The van der Waals surface area contributed by atoms with Gasteiger partial charge in [0.1, 0.15) is 11.4 Å². The van der Waals surface area contributed by atoms with Gasteiger partial charge in [0.25, 0.3) is 0 Å². The van der Waals surface area contributed by atoms with E-state index in [0.717, 1.165) is 0 Å². The molecule has 0 saturated carbocycles. The lowest BCUT2D eigenvalue weighted by Crippen LogP contribution is -2.39. The minimum Gasteiger partial charge on any atom is -0.325 e. The Balaban J connectivity index is 3.21. The molecule has 0 aliphatic carbocycles. The van der Waals surface area contributed by atoms with Gasteiger partial charge in [0.05, 0.1) is 5.69 Å². The Morgan fingerprint density at radius 1 is 1.42 bits per heavy atom. The third-order valence-electron chi connectivity index (χ3n) is 2.37. The summed E-state index contributed by atoms with van der Waals surface area (Å²) in [5.41, 5.74) is 5.39. The van der Waals surface area contributed by atoms with Crippen molar-refractivity contribution in [1.82, 2.24) is 9.29 Å². The first-order valence-corrected chi connectivity index (χ1v) is 6.87. The maximum absolute atomic E-state index is 12.4. The van der Waals surface area contributed by atoms with Crippen LogP contribution in [0, 0.1) is 0 Å². The third-order valence-corrected chi connectivity index (χ3v) is 4.36. The second-order valence-electron chi connectivity index (χ2n) is 3.70. The van der Waals surface area contributed by atoms with E-state index in [1.165, 1.54) is 25.3 Å². The highest BCUT2D eigenvalue weighted by molar-refractivity contribution is 7.89. The topological polar surface area (TPSA) is 76.3 Å². The van der Waals surface area contributed by atoms with Gasteiger partial charge in [-0.25, -0.2) is 8.42 Å². The summed E-state index contributed by atoms with van der Waals surface area (Å²) >= 11 is 0. The second kappa shape index (κ2) is 5.85. The molecule has 0 spiro atoms.